The Morgan fingerprint density at radius 2 is 1.59 bits per heavy atom. The van der Waals surface area contributed by atoms with Crippen molar-refractivity contribution >= 4 is 12.4 Å². The maximum Gasteiger partial charge on any atom is 0.416 e. The first kappa shape index (κ1) is 16.1. The summed E-state index contributed by atoms with van der Waals surface area (Å²) in [6.07, 6.45) is -4.53. The Morgan fingerprint density at radius 3 is 1.88 bits per heavy atom. The fraction of sp³-hybridized carbons (Fsp3) is 0.400. The summed E-state index contributed by atoms with van der Waals surface area (Å²) in [5, 5.41) is 0. The van der Waals surface area contributed by atoms with Crippen molar-refractivity contribution in [2.75, 3.05) is 0 Å². The molecule has 1 rings (SSSR count). The van der Waals surface area contributed by atoms with E-state index in [1.165, 1.54) is 0 Å². The number of hydrogen-bond donors (Lipinski definition) is 1. The molecule has 0 bridgehead atoms. The third kappa shape index (κ3) is 3.54. The van der Waals surface area contributed by atoms with Gasteiger partial charge in [-0.3, -0.25) is 0 Å². The van der Waals surface area contributed by atoms with Gasteiger partial charge in [-0.05, 0) is 18.6 Å². The molecule has 2 N–H and O–H groups in total. The van der Waals surface area contributed by atoms with Gasteiger partial charge >= 0.3 is 6.18 Å². The van der Waals surface area contributed by atoms with Crippen LogP contribution in [0.1, 0.15) is 30.5 Å². The largest absolute Gasteiger partial charge is 0.416 e. The number of alkyl halides is 3. The van der Waals surface area contributed by atoms with E-state index in [4.69, 9.17) is 5.73 Å². The third-order valence-corrected chi connectivity index (χ3v) is 2.22. The summed E-state index contributed by atoms with van der Waals surface area (Å²) in [4.78, 5) is 0. The lowest BCUT2D eigenvalue weighted by Gasteiger charge is -2.14. The van der Waals surface area contributed by atoms with Crippen LogP contribution in [-0.2, 0) is 6.18 Å². The molecule has 0 saturated carbocycles. The van der Waals surface area contributed by atoms with Crippen molar-refractivity contribution in [1.82, 2.24) is 0 Å². The third-order valence-electron chi connectivity index (χ3n) is 2.22. The van der Waals surface area contributed by atoms with E-state index < -0.39 is 35.0 Å². The van der Waals surface area contributed by atoms with E-state index in [0.717, 1.165) is 0 Å². The van der Waals surface area contributed by atoms with Gasteiger partial charge in [0.25, 0.3) is 0 Å². The van der Waals surface area contributed by atoms with E-state index >= 15 is 0 Å². The highest BCUT2D eigenvalue weighted by atomic mass is 35.5. The molecule has 0 aromatic heterocycles. The van der Waals surface area contributed by atoms with Crippen LogP contribution >= 0.6 is 12.4 Å². The molecule has 0 spiro atoms. The number of rotatable bonds is 2. The van der Waals surface area contributed by atoms with E-state index in [0.29, 0.717) is 0 Å². The lowest BCUT2D eigenvalue weighted by atomic mass is 10.0. The minimum Gasteiger partial charge on any atom is -0.324 e. The Morgan fingerprint density at radius 1 is 1.18 bits per heavy atom. The molecule has 0 amide bonds. The first-order chi connectivity index (χ1) is 7.27. The smallest absolute Gasteiger partial charge is 0.324 e. The van der Waals surface area contributed by atoms with Gasteiger partial charge in [-0.1, -0.05) is 6.92 Å². The monoisotopic (exact) mass is 275 g/mol. The number of hydrogen-bond acceptors (Lipinski definition) is 1. The van der Waals surface area contributed by atoms with Gasteiger partial charge in [0, 0.05) is 11.6 Å². The fourth-order valence-electron chi connectivity index (χ4n) is 1.31. The molecule has 0 aliphatic heterocycles. The van der Waals surface area contributed by atoms with Crippen LogP contribution in [0.15, 0.2) is 12.1 Å². The SMILES string of the molecule is CC[C@H](N)c1c(F)cc(C(F)(F)F)cc1F.Cl. The zero-order chi connectivity index (χ0) is 12.5. The molecule has 0 saturated heterocycles. The molecule has 1 aromatic rings. The van der Waals surface area contributed by atoms with Crippen LogP contribution in [0.5, 0.6) is 0 Å². The van der Waals surface area contributed by atoms with E-state index in [1.54, 1.807) is 6.92 Å². The highest BCUT2D eigenvalue weighted by Crippen LogP contribution is 2.32. The lowest BCUT2D eigenvalue weighted by molar-refractivity contribution is -0.138. The van der Waals surface area contributed by atoms with Crippen molar-refractivity contribution in [3.63, 3.8) is 0 Å². The van der Waals surface area contributed by atoms with Gasteiger partial charge < -0.3 is 5.73 Å². The quantitative estimate of drug-likeness (QED) is 0.816. The summed E-state index contributed by atoms with van der Waals surface area (Å²) in [6, 6.07) is -0.427. The van der Waals surface area contributed by atoms with Gasteiger partial charge in [-0.25, -0.2) is 8.78 Å². The van der Waals surface area contributed by atoms with Crippen molar-refractivity contribution in [1.29, 1.82) is 0 Å². The highest BCUT2D eigenvalue weighted by molar-refractivity contribution is 5.85. The molecule has 98 valence electrons. The molecular weight excluding hydrogens is 265 g/mol. The predicted molar refractivity (Wildman–Crippen MR) is 55.8 cm³/mol. The molecule has 0 radical (unpaired) electrons. The Kier molecular flexibility index (Phi) is 5.35. The zero-order valence-electron chi connectivity index (χ0n) is 8.81. The van der Waals surface area contributed by atoms with Gasteiger partial charge in [0.1, 0.15) is 11.6 Å². The van der Waals surface area contributed by atoms with Crippen LogP contribution in [0.2, 0.25) is 0 Å². The van der Waals surface area contributed by atoms with Gasteiger partial charge in [0.2, 0.25) is 0 Å². The molecular formula is C10H11ClF5N. The number of halogens is 6. The van der Waals surface area contributed by atoms with Crippen LogP contribution in [0.25, 0.3) is 0 Å². The average molecular weight is 276 g/mol. The van der Waals surface area contributed by atoms with Crippen molar-refractivity contribution in [3.05, 3.63) is 34.9 Å². The van der Waals surface area contributed by atoms with Crippen molar-refractivity contribution in [2.45, 2.75) is 25.6 Å². The molecule has 0 fully saturated rings. The number of nitrogens with two attached hydrogens (primary N) is 1. The summed E-state index contributed by atoms with van der Waals surface area (Å²) < 4.78 is 63.1. The van der Waals surface area contributed by atoms with Gasteiger partial charge in [-0.15, -0.1) is 12.4 Å². The van der Waals surface area contributed by atoms with Crippen molar-refractivity contribution in [2.24, 2.45) is 5.73 Å². The molecule has 0 unspecified atom stereocenters. The van der Waals surface area contributed by atoms with Crippen LogP contribution in [0, 0.1) is 11.6 Å². The van der Waals surface area contributed by atoms with E-state index in [9.17, 15) is 22.0 Å². The fourth-order valence-corrected chi connectivity index (χ4v) is 1.31. The molecule has 17 heavy (non-hydrogen) atoms. The maximum absolute atomic E-state index is 13.3. The summed E-state index contributed by atoms with van der Waals surface area (Å²) in [5.74, 6) is -2.52. The first-order valence-corrected chi connectivity index (χ1v) is 4.59. The second-order valence-corrected chi connectivity index (χ2v) is 3.37. The lowest BCUT2D eigenvalue weighted by Crippen LogP contribution is -2.15. The van der Waals surface area contributed by atoms with Gasteiger partial charge in [0.05, 0.1) is 5.56 Å². The van der Waals surface area contributed by atoms with Crippen LogP contribution in [-0.4, -0.2) is 0 Å². The molecule has 0 heterocycles. The Labute approximate surface area is 101 Å². The second kappa shape index (κ2) is 5.64. The summed E-state index contributed by atoms with van der Waals surface area (Å²) in [7, 11) is 0. The average Bonchev–Trinajstić information content (AvgIpc) is 2.14. The van der Waals surface area contributed by atoms with Gasteiger partial charge in [-0.2, -0.15) is 13.2 Å². The van der Waals surface area contributed by atoms with E-state index in [-0.39, 0.29) is 31.0 Å². The molecule has 0 aliphatic carbocycles. The Hall–Kier alpha value is -0.880. The van der Waals surface area contributed by atoms with Crippen LogP contribution in [0.4, 0.5) is 22.0 Å². The van der Waals surface area contributed by atoms with E-state index in [1.807, 2.05) is 0 Å². The molecule has 1 nitrogen and oxygen atoms in total. The summed E-state index contributed by atoms with van der Waals surface area (Å²) in [5.41, 5.74) is 3.54. The minimum absolute atomic E-state index is 0. The number of benzene rings is 1. The van der Waals surface area contributed by atoms with Crippen LogP contribution < -0.4 is 5.73 Å². The van der Waals surface area contributed by atoms with Crippen molar-refractivity contribution < 1.29 is 22.0 Å². The molecule has 7 heteroatoms. The van der Waals surface area contributed by atoms with Crippen molar-refractivity contribution in [3.8, 4) is 0 Å². The minimum atomic E-state index is -4.77. The van der Waals surface area contributed by atoms with Gasteiger partial charge in [0.15, 0.2) is 0 Å². The summed E-state index contributed by atoms with van der Waals surface area (Å²) >= 11 is 0. The first-order valence-electron chi connectivity index (χ1n) is 4.59. The van der Waals surface area contributed by atoms with E-state index in [2.05, 4.69) is 0 Å². The second-order valence-electron chi connectivity index (χ2n) is 3.37. The highest BCUT2D eigenvalue weighted by Gasteiger charge is 2.33. The summed E-state index contributed by atoms with van der Waals surface area (Å²) in [6.45, 7) is 1.58. The Balaban J connectivity index is 0.00000256. The molecule has 0 aliphatic rings. The Bertz CT molecular complexity index is 368. The topological polar surface area (TPSA) is 26.0 Å². The maximum atomic E-state index is 13.3. The zero-order valence-corrected chi connectivity index (χ0v) is 9.63. The normalized spacial score (nSPS) is 13.1. The molecule has 1 atom stereocenters. The standard InChI is InChI=1S/C10H10F5N.ClH/c1-2-8(16)9-6(11)3-5(4-7(9)12)10(13,14)15;/h3-4,8H,2,16H2,1H3;1H/t8-;/m0./s1. The molecule has 1 aromatic carbocycles. The van der Waals surface area contributed by atoms with Crippen LogP contribution in [0.3, 0.4) is 0 Å². The predicted octanol–water partition coefficient (Wildman–Crippen LogP) is 3.82.